The average molecular weight is 320 g/mol. The molecule has 6 nitrogen and oxygen atoms in total. The van der Waals surface area contributed by atoms with Crippen molar-refractivity contribution in [2.45, 2.75) is 33.2 Å². The highest BCUT2D eigenvalue weighted by Crippen LogP contribution is 2.19. The molecule has 126 valence electrons. The number of hydrogen-bond donors (Lipinski definition) is 2. The molecule has 1 unspecified atom stereocenters. The number of aliphatic carboxylic acids is 1. The Morgan fingerprint density at radius 2 is 2.22 bits per heavy atom. The minimum atomic E-state index is -0.834. The Kier molecular flexibility index (Phi) is 5.84. The second-order valence-corrected chi connectivity index (χ2v) is 5.87. The normalized spacial score (nSPS) is 17.1. The number of carbonyl (C=O) groups excluding carboxylic acids is 1. The molecule has 2 amide bonds. The molecule has 1 saturated heterocycles. The number of aryl methyl sites for hydroxylation is 1. The number of carboxylic acids is 1. The molecule has 23 heavy (non-hydrogen) atoms. The van der Waals surface area contributed by atoms with Crippen molar-refractivity contribution < 1.29 is 19.4 Å². The molecule has 0 saturated carbocycles. The van der Waals surface area contributed by atoms with E-state index >= 15 is 0 Å². The lowest BCUT2D eigenvalue weighted by atomic mass is 10.1. The van der Waals surface area contributed by atoms with E-state index in [1.165, 1.54) is 0 Å². The Morgan fingerprint density at radius 1 is 1.43 bits per heavy atom. The molecule has 0 aromatic heterocycles. The van der Waals surface area contributed by atoms with E-state index in [9.17, 15) is 9.59 Å². The molecule has 1 fully saturated rings. The van der Waals surface area contributed by atoms with Gasteiger partial charge in [0.2, 0.25) is 0 Å². The number of urea groups is 1. The van der Waals surface area contributed by atoms with E-state index in [1.54, 1.807) is 4.90 Å². The first kappa shape index (κ1) is 17.1. The largest absolute Gasteiger partial charge is 0.494 e. The molecule has 1 aliphatic heterocycles. The van der Waals surface area contributed by atoms with Crippen LogP contribution in [0.3, 0.4) is 0 Å². The molecule has 1 aliphatic rings. The smallest absolute Gasteiger partial charge is 0.317 e. The minimum absolute atomic E-state index is 0.209. The fourth-order valence-electron chi connectivity index (χ4n) is 2.61. The van der Waals surface area contributed by atoms with E-state index < -0.39 is 11.9 Å². The summed E-state index contributed by atoms with van der Waals surface area (Å²) in [5.74, 6) is -0.445. The minimum Gasteiger partial charge on any atom is -0.494 e. The van der Waals surface area contributed by atoms with Crippen molar-refractivity contribution in [2.24, 2.45) is 5.92 Å². The second kappa shape index (κ2) is 7.85. The Morgan fingerprint density at radius 3 is 2.83 bits per heavy atom. The fraction of sp³-hybridized carbons (Fsp3) is 0.529. The Labute approximate surface area is 136 Å². The van der Waals surface area contributed by atoms with Gasteiger partial charge in [-0.05, 0) is 43.0 Å². The van der Waals surface area contributed by atoms with Gasteiger partial charge in [-0.25, -0.2) is 4.79 Å². The zero-order valence-electron chi connectivity index (χ0n) is 13.7. The van der Waals surface area contributed by atoms with Gasteiger partial charge in [0, 0.05) is 19.6 Å². The number of nitrogens with zero attached hydrogens (tertiary/aromatic N) is 1. The summed E-state index contributed by atoms with van der Waals surface area (Å²) in [6.45, 7) is 5.93. The van der Waals surface area contributed by atoms with Crippen LogP contribution in [-0.2, 0) is 11.3 Å². The van der Waals surface area contributed by atoms with Crippen LogP contribution in [0, 0.1) is 12.8 Å². The summed E-state index contributed by atoms with van der Waals surface area (Å²) in [7, 11) is 0. The summed E-state index contributed by atoms with van der Waals surface area (Å²) in [6, 6.07) is 5.61. The number of rotatable bonds is 6. The summed E-state index contributed by atoms with van der Waals surface area (Å²) in [5.41, 5.74) is 2.08. The summed E-state index contributed by atoms with van der Waals surface area (Å²) in [6.07, 6.45) is 1.48. The lowest BCUT2D eigenvalue weighted by molar-refractivity contribution is -0.141. The van der Waals surface area contributed by atoms with Gasteiger partial charge in [0.25, 0.3) is 0 Å². The molecule has 1 atom stereocenters. The first-order valence-electron chi connectivity index (χ1n) is 7.99. The standard InChI is InChI=1S/C17H24N2O4/c1-3-8-23-15-5-4-13(12(2)9-15)10-18-17(22)19-7-6-14(11-19)16(20)21/h4-5,9,14H,3,6-8,10-11H2,1-2H3,(H,18,22)(H,20,21). The maximum Gasteiger partial charge on any atom is 0.317 e. The van der Waals surface area contributed by atoms with Crippen LogP contribution >= 0.6 is 0 Å². The van der Waals surface area contributed by atoms with Gasteiger partial charge in [0.05, 0.1) is 12.5 Å². The van der Waals surface area contributed by atoms with Gasteiger partial charge in [-0.3, -0.25) is 4.79 Å². The molecular formula is C17H24N2O4. The van der Waals surface area contributed by atoms with Crippen molar-refractivity contribution in [1.29, 1.82) is 0 Å². The Hall–Kier alpha value is -2.24. The van der Waals surface area contributed by atoms with Crippen LogP contribution in [0.1, 0.15) is 30.9 Å². The quantitative estimate of drug-likeness (QED) is 0.843. The maximum absolute atomic E-state index is 12.1. The van der Waals surface area contributed by atoms with Crippen molar-refractivity contribution in [3.8, 4) is 5.75 Å². The summed E-state index contributed by atoms with van der Waals surface area (Å²) in [4.78, 5) is 24.6. The van der Waals surface area contributed by atoms with Crippen molar-refractivity contribution >= 4 is 12.0 Å². The lowest BCUT2D eigenvalue weighted by Gasteiger charge is -2.17. The Bertz CT molecular complexity index is 574. The molecule has 2 N–H and O–H groups in total. The molecule has 0 spiro atoms. The predicted molar refractivity (Wildman–Crippen MR) is 86.5 cm³/mol. The average Bonchev–Trinajstić information content (AvgIpc) is 3.02. The number of carbonyl (C=O) groups is 2. The van der Waals surface area contributed by atoms with Crippen LogP contribution in [0.5, 0.6) is 5.75 Å². The maximum atomic E-state index is 12.1. The Balaban J connectivity index is 1.86. The summed E-state index contributed by atoms with van der Waals surface area (Å²) in [5, 5.41) is 11.8. The van der Waals surface area contributed by atoms with Crippen LogP contribution in [0.4, 0.5) is 4.79 Å². The van der Waals surface area contributed by atoms with E-state index in [4.69, 9.17) is 9.84 Å². The zero-order chi connectivity index (χ0) is 16.8. The molecule has 1 aromatic carbocycles. The van der Waals surface area contributed by atoms with E-state index in [-0.39, 0.29) is 12.6 Å². The first-order chi connectivity index (χ1) is 11.0. The molecule has 1 heterocycles. The van der Waals surface area contributed by atoms with Crippen molar-refractivity contribution in [1.82, 2.24) is 10.2 Å². The van der Waals surface area contributed by atoms with Gasteiger partial charge in [0.1, 0.15) is 5.75 Å². The monoisotopic (exact) mass is 320 g/mol. The third-order valence-electron chi connectivity index (χ3n) is 4.04. The highest BCUT2D eigenvalue weighted by molar-refractivity contribution is 5.77. The van der Waals surface area contributed by atoms with Crippen LogP contribution in [0.15, 0.2) is 18.2 Å². The molecule has 2 rings (SSSR count). The van der Waals surface area contributed by atoms with Gasteiger partial charge >= 0.3 is 12.0 Å². The molecular weight excluding hydrogens is 296 g/mol. The van der Waals surface area contributed by atoms with Gasteiger partial charge in [0.15, 0.2) is 0 Å². The first-order valence-corrected chi connectivity index (χ1v) is 7.99. The van der Waals surface area contributed by atoms with Gasteiger partial charge in [-0.1, -0.05) is 13.0 Å². The van der Waals surface area contributed by atoms with Crippen molar-refractivity contribution in [2.75, 3.05) is 19.7 Å². The van der Waals surface area contributed by atoms with Crippen LogP contribution in [-0.4, -0.2) is 41.7 Å². The van der Waals surface area contributed by atoms with Gasteiger partial charge in [-0.2, -0.15) is 0 Å². The van der Waals surface area contributed by atoms with Crippen LogP contribution < -0.4 is 10.1 Å². The summed E-state index contributed by atoms with van der Waals surface area (Å²) >= 11 is 0. The number of amides is 2. The molecule has 0 bridgehead atoms. The predicted octanol–water partition coefficient (Wildman–Crippen LogP) is 2.40. The molecule has 1 aromatic rings. The number of ether oxygens (including phenoxy) is 1. The number of hydrogen-bond acceptors (Lipinski definition) is 3. The summed E-state index contributed by atoms with van der Waals surface area (Å²) < 4.78 is 5.58. The van der Waals surface area contributed by atoms with Crippen molar-refractivity contribution in [3.05, 3.63) is 29.3 Å². The van der Waals surface area contributed by atoms with E-state index in [0.717, 1.165) is 23.3 Å². The lowest BCUT2D eigenvalue weighted by Crippen LogP contribution is -2.38. The highest BCUT2D eigenvalue weighted by atomic mass is 16.5. The van der Waals surface area contributed by atoms with Gasteiger partial charge in [-0.15, -0.1) is 0 Å². The van der Waals surface area contributed by atoms with Crippen LogP contribution in [0.25, 0.3) is 0 Å². The van der Waals surface area contributed by atoms with E-state index in [2.05, 4.69) is 12.2 Å². The number of carboxylic acid groups (broad SMARTS) is 1. The molecule has 0 aliphatic carbocycles. The highest BCUT2D eigenvalue weighted by Gasteiger charge is 2.30. The third-order valence-corrected chi connectivity index (χ3v) is 4.04. The SMILES string of the molecule is CCCOc1ccc(CNC(=O)N2CCC(C(=O)O)C2)c(C)c1. The van der Waals surface area contributed by atoms with Crippen molar-refractivity contribution in [3.63, 3.8) is 0 Å². The fourth-order valence-corrected chi connectivity index (χ4v) is 2.61. The molecule has 0 radical (unpaired) electrons. The zero-order valence-corrected chi connectivity index (χ0v) is 13.7. The topological polar surface area (TPSA) is 78.9 Å². The van der Waals surface area contributed by atoms with Crippen LogP contribution in [0.2, 0.25) is 0 Å². The second-order valence-electron chi connectivity index (χ2n) is 5.87. The third kappa shape index (κ3) is 4.61. The van der Waals surface area contributed by atoms with E-state index in [0.29, 0.717) is 26.1 Å². The molecule has 6 heteroatoms. The number of likely N-dealkylation sites (tertiary alicyclic amines) is 1. The van der Waals surface area contributed by atoms with E-state index in [1.807, 2.05) is 25.1 Å². The van der Waals surface area contributed by atoms with Gasteiger partial charge < -0.3 is 20.1 Å². The number of benzene rings is 1. The number of nitrogens with one attached hydrogen (secondary N) is 1.